The summed E-state index contributed by atoms with van der Waals surface area (Å²) in [6, 6.07) is 10.4. The zero-order valence-corrected chi connectivity index (χ0v) is 14.2. The molecule has 0 saturated heterocycles. The molecule has 1 saturated carbocycles. The summed E-state index contributed by atoms with van der Waals surface area (Å²) in [6.45, 7) is 0. The number of phenolic OH excluding ortho intramolecular Hbond substituents is 1. The maximum absolute atomic E-state index is 13.4. The number of hydrogen-bond acceptors (Lipinski definition) is 5. The van der Waals surface area contributed by atoms with Crippen LogP contribution in [0.25, 0.3) is 22.2 Å². The van der Waals surface area contributed by atoms with Gasteiger partial charge in [0.1, 0.15) is 5.75 Å². The number of fused-ring (bicyclic) bond motifs is 1. The molecule has 0 bridgehead atoms. The number of pyridine rings is 1. The van der Waals surface area contributed by atoms with Crippen LogP contribution in [0.2, 0.25) is 0 Å². The largest absolute Gasteiger partial charge is 0.507 e. The highest BCUT2D eigenvalue weighted by Gasteiger charge is 2.41. The Balaban J connectivity index is 1.61. The predicted molar refractivity (Wildman–Crippen MR) is 95.4 cm³/mol. The molecular weight excluding hydrogens is 338 g/mol. The summed E-state index contributed by atoms with van der Waals surface area (Å²) >= 11 is 0. The van der Waals surface area contributed by atoms with E-state index >= 15 is 0 Å². The van der Waals surface area contributed by atoms with E-state index in [2.05, 4.69) is 15.2 Å². The highest BCUT2D eigenvalue weighted by atomic mass is 19.3. The van der Waals surface area contributed by atoms with E-state index in [1.165, 1.54) is 0 Å². The van der Waals surface area contributed by atoms with Crippen LogP contribution in [0.4, 0.5) is 14.6 Å². The molecule has 1 atom stereocenters. The Labute approximate surface area is 149 Å². The van der Waals surface area contributed by atoms with Crippen LogP contribution >= 0.6 is 0 Å². The van der Waals surface area contributed by atoms with Crippen molar-refractivity contribution in [1.82, 2.24) is 15.2 Å². The van der Waals surface area contributed by atoms with Crippen molar-refractivity contribution in [3.63, 3.8) is 0 Å². The molecule has 0 spiro atoms. The van der Waals surface area contributed by atoms with Crippen molar-refractivity contribution < 1.29 is 13.9 Å². The quantitative estimate of drug-likeness (QED) is 0.768. The molecule has 0 aliphatic heterocycles. The third kappa shape index (κ3) is 3.05. The number of alkyl halides is 2. The van der Waals surface area contributed by atoms with Crippen molar-refractivity contribution in [2.75, 3.05) is 11.9 Å². The lowest BCUT2D eigenvalue weighted by molar-refractivity contribution is 0.00786. The summed E-state index contributed by atoms with van der Waals surface area (Å²) in [5.41, 5.74) is 1.77. The van der Waals surface area contributed by atoms with E-state index in [1.54, 1.807) is 36.3 Å². The second-order valence-electron chi connectivity index (χ2n) is 6.71. The minimum atomic E-state index is -2.60. The Bertz CT molecular complexity index is 946. The molecule has 5 nitrogen and oxygen atoms in total. The second kappa shape index (κ2) is 6.16. The summed E-state index contributed by atoms with van der Waals surface area (Å²) in [7, 11) is 1.76. The molecule has 0 unspecified atom stereocenters. The Morgan fingerprint density at radius 1 is 1.19 bits per heavy atom. The van der Waals surface area contributed by atoms with Gasteiger partial charge in [-0.15, -0.1) is 10.2 Å². The van der Waals surface area contributed by atoms with Gasteiger partial charge in [0.25, 0.3) is 0 Å². The first-order chi connectivity index (χ1) is 12.4. The fraction of sp³-hybridized carbons (Fsp3) is 0.316. The molecule has 2 heterocycles. The van der Waals surface area contributed by atoms with E-state index in [0.717, 1.165) is 5.39 Å². The molecule has 3 aromatic rings. The van der Waals surface area contributed by atoms with Crippen LogP contribution in [-0.4, -0.2) is 39.3 Å². The number of aromatic hydroxyl groups is 1. The Hall–Kier alpha value is -2.83. The summed E-state index contributed by atoms with van der Waals surface area (Å²) in [6.07, 6.45) is 1.85. The third-order valence-electron chi connectivity index (χ3n) is 4.93. The van der Waals surface area contributed by atoms with Crippen LogP contribution in [0, 0.1) is 0 Å². The molecule has 7 heteroatoms. The standard InChI is InChI=1S/C19H18F2N4O/c1-25(13-6-7-19(20,21)11-13)18-5-4-15(23-24-18)14-9-12-3-2-8-22-16(12)10-17(14)26/h2-5,8-10,13,26H,6-7,11H2,1H3/t13-/m0/s1. The number of nitrogens with zero attached hydrogens (tertiary/aromatic N) is 4. The van der Waals surface area contributed by atoms with E-state index in [0.29, 0.717) is 29.0 Å². The molecule has 1 aliphatic rings. The first-order valence-corrected chi connectivity index (χ1v) is 8.45. The normalized spacial score (nSPS) is 19.0. The molecule has 0 amide bonds. The highest BCUT2D eigenvalue weighted by Crippen LogP contribution is 2.38. The molecule has 1 aromatic carbocycles. The number of rotatable bonds is 3. The zero-order chi connectivity index (χ0) is 18.3. The maximum atomic E-state index is 13.4. The van der Waals surface area contributed by atoms with Gasteiger partial charge in [0, 0.05) is 49.1 Å². The van der Waals surface area contributed by atoms with Gasteiger partial charge in [0.2, 0.25) is 5.92 Å². The molecule has 1 aliphatic carbocycles. The van der Waals surface area contributed by atoms with E-state index in [-0.39, 0.29) is 24.6 Å². The Kier molecular flexibility index (Phi) is 3.94. The van der Waals surface area contributed by atoms with E-state index < -0.39 is 5.92 Å². The van der Waals surface area contributed by atoms with Gasteiger partial charge in [-0.05, 0) is 30.7 Å². The lowest BCUT2D eigenvalue weighted by Crippen LogP contribution is -2.31. The minimum Gasteiger partial charge on any atom is -0.507 e. The highest BCUT2D eigenvalue weighted by molar-refractivity contribution is 5.87. The molecule has 4 rings (SSSR count). The van der Waals surface area contributed by atoms with Crippen LogP contribution in [0.5, 0.6) is 5.75 Å². The summed E-state index contributed by atoms with van der Waals surface area (Å²) < 4.78 is 26.9. The molecule has 0 radical (unpaired) electrons. The van der Waals surface area contributed by atoms with Crippen LogP contribution < -0.4 is 4.90 Å². The smallest absolute Gasteiger partial charge is 0.250 e. The Morgan fingerprint density at radius 2 is 2.04 bits per heavy atom. The van der Waals surface area contributed by atoms with Crippen molar-refractivity contribution in [3.05, 3.63) is 42.6 Å². The molecular formula is C19H18F2N4O. The molecule has 134 valence electrons. The summed E-state index contributed by atoms with van der Waals surface area (Å²) in [4.78, 5) is 5.96. The number of benzene rings is 1. The van der Waals surface area contributed by atoms with Gasteiger partial charge < -0.3 is 10.0 Å². The van der Waals surface area contributed by atoms with Crippen molar-refractivity contribution in [2.24, 2.45) is 0 Å². The number of aromatic nitrogens is 3. The van der Waals surface area contributed by atoms with Crippen molar-refractivity contribution in [2.45, 2.75) is 31.2 Å². The first-order valence-electron chi connectivity index (χ1n) is 8.45. The predicted octanol–water partition coefficient (Wildman–Crippen LogP) is 4.02. The van der Waals surface area contributed by atoms with Crippen molar-refractivity contribution in [3.8, 4) is 17.0 Å². The molecule has 26 heavy (non-hydrogen) atoms. The van der Waals surface area contributed by atoms with Crippen LogP contribution in [0.3, 0.4) is 0 Å². The number of hydrogen-bond donors (Lipinski definition) is 1. The topological polar surface area (TPSA) is 62.1 Å². The molecule has 1 N–H and O–H groups in total. The average molecular weight is 356 g/mol. The van der Waals surface area contributed by atoms with Gasteiger partial charge in [-0.1, -0.05) is 6.07 Å². The van der Waals surface area contributed by atoms with Crippen molar-refractivity contribution >= 4 is 16.7 Å². The number of anilines is 1. The van der Waals surface area contributed by atoms with Crippen LogP contribution in [0.1, 0.15) is 19.3 Å². The maximum Gasteiger partial charge on any atom is 0.250 e. The minimum absolute atomic E-state index is 0.0713. The fourth-order valence-electron chi connectivity index (χ4n) is 3.42. The second-order valence-corrected chi connectivity index (χ2v) is 6.71. The van der Waals surface area contributed by atoms with Gasteiger partial charge in [0.05, 0.1) is 11.2 Å². The van der Waals surface area contributed by atoms with Crippen molar-refractivity contribution in [1.29, 1.82) is 0 Å². The van der Waals surface area contributed by atoms with E-state index in [4.69, 9.17) is 0 Å². The van der Waals surface area contributed by atoms with Gasteiger partial charge in [0.15, 0.2) is 5.82 Å². The fourth-order valence-corrected chi connectivity index (χ4v) is 3.42. The average Bonchev–Trinajstić information content (AvgIpc) is 3.00. The monoisotopic (exact) mass is 356 g/mol. The third-order valence-corrected chi connectivity index (χ3v) is 4.93. The lowest BCUT2D eigenvalue weighted by Gasteiger charge is -2.25. The van der Waals surface area contributed by atoms with Gasteiger partial charge >= 0.3 is 0 Å². The number of phenols is 1. The molecule has 1 fully saturated rings. The van der Waals surface area contributed by atoms with E-state index in [1.807, 2.05) is 18.2 Å². The lowest BCUT2D eigenvalue weighted by atomic mass is 10.1. The summed E-state index contributed by atoms with van der Waals surface area (Å²) in [5.74, 6) is -1.99. The van der Waals surface area contributed by atoms with Gasteiger partial charge in [-0.2, -0.15) is 0 Å². The number of halogens is 2. The molecule has 2 aromatic heterocycles. The van der Waals surface area contributed by atoms with Crippen LogP contribution in [-0.2, 0) is 0 Å². The van der Waals surface area contributed by atoms with E-state index in [9.17, 15) is 13.9 Å². The van der Waals surface area contributed by atoms with Gasteiger partial charge in [-0.25, -0.2) is 8.78 Å². The zero-order valence-electron chi connectivity index (χ0n) is 14.2. The first kappa shape index (κ1) is 16.6. The SMILES string of the molecule is CN(c1ccc(-c2cc3cccnc3cc2O)nn1)[C@H]1CCC(F)(F)C1. The Morgan fingerprint density at radius 3 is 2.73 bits per heavy atom. The summed E-state index contributed by atoms with van der Waals surface area (Å²) in [5, 5.41) is 19.5. The van der Waals surface area contributed by atoms with Crippen LogP contribution in [0.15, 0.2) is 42.6 Å². The van der Waals surface area contributed by atoms with Gasteiger partial charge in [-0.3, -0.25) is 4.98 Å².